The van der Waals surface area contributed by atoms with Crippen LogP contribution in [0.4, 0.5) is 11.4 Å². The summed E-state index contributed by atoms with van der Waals surface area (Å²) in [6, 6.07) is 23.1. The predicted molar refractivity (Wildman–Crippen MR) is 120 cm³/mol. The number of nitrogens with one attached hydrogen (secondary N) is 3. The number of anilines is 2. The molecular formula is C22H18ClN3O2S. The second-order valence-electron chi connectivity index (χ2n) is 6.21. The van der Waals surface area contributed by atoms with Gasteiger partial charge in [-0.05, 0) is 54.2 Å². The summed E-state index contributed by atoms with van der Waals surface area (Å²) in [6.45, 7) is 0. The average molecular weight is 424 g/mol. The van der Waals surface area contributed by atoms with Crippen LogP contribution in [0.2, 0.25) is 5.02 Å². The number of hydrogen-bond donors (Lipinski definition) is 3. The maximum absolute atomic E-state index is 12.5. The Bertz CT molecular complexity index is 1040. The summed E-state index contributed by atoms with van der Waals surface area (Å²) in [5, 5.41) is 9.05. The van der Waals surface area contributed by atoms with Crippen molar-refractivity contribution in [2.75, 3.05) is 10.6 Å². The molecule has 2 amide bonds. The summed E-state index contributed by atoms with van der Waals surface area (Å²) in [5.74, 6) is -0.501. The molecule has 0 heterocycles. The lowest BCUT2D eigenvalue weighted by atomic mass is 10.1. The van der Waals surface area contributed by atoms with Crippen molar-refractivity contribution in [1.82, 2.24) is 5.32 Å². The maximum atomic E-state index is 12.5. The fraction of sp³-hybridized carbons (Fsp3) is 0.0455. The maximum Gasteiger partial charge on any atom is 0.255 e. The van der Waals surface area contributed by atoms with Crippen molar-refractivity contribution in [2.24, 2.45) is 0 Å². The van der Waals surface area contributed by atoms with Gasteiger partial charge in [0, 0.05) is 22.0 Å². The van der Waals surface area contributed by atoms with Gasteiger partial charge in [-0.15, -0.1) is 0 Å². The number of thiocarbonyl (C=S) groups is 1. The first-order valence-corrected chi connectivity index (χ1v) is 9.60. The lowest BCUT2D eigenvalue weighted by Gasteiger charge is -2.11. The Hall–Kier alpha value is -3.22. The van der Waals surface area contributed by atoms with Crippen LogP contribution < -0.4 is 16.0 Å². The van der Waals surface area contributed by atoms with Gasteiger partial charge in [-0.3, -0.25) is 9.59 Å². The minimum Gasteiger partial charge on any atom is -0.332 e. The molecule has 0 spiro atoms. The second-order valence-corrected chi connectivity index (χ2v) is 7.05. The number of rotatable bonds is 5. The number of halogens is 1. The molecular weight excluding hydrogens is 406 g/mol. The lowest BCUT2D eigenvalue weighted by Crippen LogP contribution is -2.35. The zero-order chi connectivity index (χ0) is 20.6. The highest BCUT2D eigenvalue weighted by molar-refractivity contribution is 7.80. The van der Waals surface area contributed by atoms with Gasteiger partial charge in [0.1, 0.15) is 0 Å². The van der Waals surface area contributed by atoms with E-state index in [4.69, 9.17) is 23.8 Å². The Balaban J connectivity index is 1.58. The first kappa shape index (κ1) is 20.5. The number of hydrogen-bond acceptors (Lipinski definition) is 3. The topological polar surface area (TPSA) is 70.2 Å². The molecule has 0 atom stereocenters. The number of carbonyl (C=O) groups is 2. The summed E-state index contributed by atoms with van der Waals surface area (Å²) in [5.41, 5.74) is 2.53. The van der Waals surface area contributed by atoms with Crippen molar-refractivity contribution < 1.29 is 9.59 Å². The van der Waals surface area contributed by atoms with Gasteiger partial charge in [0.05, 0.1) is 6.42 Å². The van der Waals surface area contributed by atoms with Crippen LogP contribution in [0.15, 0.2) is 78.9 Å². The van der Waals surface area contributed by atoms with Gasteiger partial charge >= 0.3 is 0 Å². The fourth-order valence-electron chi connectivity index (χ4n) is 2.62. The molecule has 0 aliphatic heterocycles. The molecule has 7 heteroatoms. The molecule has 0 saturated carbocycles. The van der Waals surface area contributed by atoms with Gasteiger partial charge in [-0.2, -0.15) is 0 Å². The highest BCUT2D eigenvalue weighted by Crippen LogP contribution is 2.17. The Morgan fingerprint density at radius 2 is 1.52 bits per heavy atom. The van der Waals surface area contributed by atoms with Gasteiger partial charge in [0.15, 0.2) is 5.11 Å². The van der Waals surface area contributed by atoms with Crippen LogP contribution in [-0.2, 0) is 11.2 Å². The van der Waals surface area contributed by atoms with Crippen molar-refractivity contribution in [3.05, 3.63) is 95.0 Å². The summed E-state index contributed by atoms with van der Waals surface area (Å²) in [4.78, 5) is 24.6. The van der Waals surface area contributed by atoms with Gasteiger partial charge in [-0.25, -0.2) is 0 Å². The molecule has 29 heavy (non-hydrogen) atoms. The quantitative estimate of drug-likeness (QED) is 0.522. The molecule has 0 unspecified atom stereocenters. The molecule has 3 aromatic carbocycles. The average Bonchev–Trinajstić information content (AvgIpc) is 2.68. The SMILES string of the molecule is O=C(Cc1ccccc1)NC(=S)Nc1cccc(C(=O)Nc2cccc(Cl)c2)c1. The van der Waals surface area contributed by atoms with Gasteiger partial charge in [0.2, 0.25) is 5.91 Å². The van der Waals surface area contributed by atoms with Crippen LogP contribution in [0.5, 0.6) is 0 Å². The zero-order valence-corrected chi connectivity index (χ0v) is 16.9. The summed E-state index contributed by atoms with van der Waals surface area (Å²) in [7, 11) is 0. The third kappa shape index (κ3) is 6.41. The highest BCUT2D eigenvalue weighted by atomic mass is 35.5. The van der Waals surface area contributed by atoms with Crippen LogP contribution in [0.1, 0.15) is 15.9 Å². The van der Waals surface area contributed by atoms with Crippen LogP contribution >= 0.6 is 23.8 Å². The Kier molecular flexibility index (Phi) is 6.94. The molecule has 146 valence electrons. The first-order chi connectivity index (χ1) is 14.0. The van der Waals surface area contributed by atoms with Crippen LogP contribution in [0, 0.1) is 0 Å². The van der Waals surface area contributed by atoms with Crippen molar-refractivity contribution in [1.29, 1.82) is 0 Å². The van der Waals surface area contributed by atoms with E-state index in [1.165, 1.54) is 0 Å². The zero-order valence-electron chi connectivity index (χ0n) is 15.3. The molecule has 0 aromatic heterocycles. The van der Waals surface area contributed by atoms with Gasteiger partial charge in [0.25, 0.3) is 5.91 Å². The van der Waals surface area contributed by atoms with E-state index in [1.54, 1.807) is 48.5 Å². The third-order valence-electron chi connectivity index (χ3n) is 3.93. The van der Waals surface area contributed by atoms with Crippen molar-refractivity contribution in [2.45, 2.75) is 6.42 Å². The minimum atomic E-state index is -0.282. The van der Waals surface area contributed by atoms with Crippen LogP contribution in [0.3, 0.4) is 0 Å². The van der Waals surface area contributed by atoms with E-state index in [2.05, 4.69) is 16.0 Å². The molecule has 3 aromatic rings. The third-order valence-corrected chi connectivity index (χ3v) is 4.36. The fourth-order valence-corrected chi connectivity index (χ4v) is 3.04. The van der Waals surface area contributed by atoms with Crippen molar-refractivity contribution in [3.8, 4) is 0 Å². The van der Waals surface area contributed by atoms with E-state index in [9.17, 15) is 9.59 Å². The normalized spacial score (nSPS) is 10.1. The second kappa shape index (κ2) is 9.82. The largest absolute Gasteiger partial charge is 0.332 e. The van der Waals surface area contributed by atoms with E-state index in [-0.39, 0.29) is 23.3 Å². The predicted octanol–water partition coefficient (Wildman–Crippen LogP) is 4.65. The van der Waals surface area contributed by atoms with Crippen molar-refractivity contribution >= 4 is 52.1 Å². The first-order valence-electron chi connectivity index (χ1n) is 8.81. The monoisotopic (exact) mass is 423 g/mol. The smallest absolute Gasteiger partial charge is 0.255 e. The molecule has 0 aliphatic rings. The number of amides is 2. The Morgan fingerprint density at radius 1 is 0.828 bits per heavy atom. The van der Waals surface area contributed by atoms with E-state index >= 15 is 0 Å². The van der Waals surface area contributed by atoms with E-state index in [1.807, 2.05) is 30.3 Å². The van der Waals surface area contributed by atoms with Crippen molar-refractivity contribution in [3.63, 3.8) is 0 Å². The Labute approximate surface area is 179 Å². The van der Waals surface area contributed by atoms with Gasteiger partial charge in [-0.1, -0.05) is 54.1 Å². The molecule has 0 bridgehead atoms. The summed E-state index contributed by atoms with van der Waals surface area (Å²) in [6.07, 6.45) is 0.227. The minimum absolute atomic E-state index is 0.165. The molecule has 0 saturated heterocycles. The van der Waals surface area contributed by atoms with Gasteiger partial charge < -0.3 is 16.0 Å². The number of carbonyl (C=O) groups excluding carboxylic acids is 2. The van der Waals surface area contributed by atoms with E-state index in [0.717, 1.165) is 5.56 Å². The van der Waals surface area contributed by atoms with Crippen LogP contribution in [0.25, 0.3) is 0 Å². The molecule has 0 radical (unpaired) electrons. The van der Waals surface area contributed by atoms with E-state index in [0.29, 0.717) is 22.0 Å². The molecule has 3 N–H and O–H groups in total. The van der Waals surface area contributed by atoms with Crippen LogP contribution in [-0.4, -0.2) is 16.9 Å². The molecule has 0 aliphatic carbocycles. The lowest BCUT2D eigenvalue weighted by molar-refractivity contribution is -0.119. The summed E-state index contributed by atoms with van der Waals surface area (Å²) >= 11 is 11.1. The summed E-state index contributed by atoms with van der Waals surface area (Å²) < 4.78 is 0. The standard InChI is InChI=1S/C22H18ClN3O2S/c23-17-9-5-11-19(14-17)24-21(28)16-8-4-10-18(13-16)25-22(29)26-20(27)12-15-6-2-1-3-7-15/h1-11,13-14H,12H2,(H,24,28)(H2,25,26,27,29). The molecule has 5 nitrogen and oxygen atoms in total. The number of benzene rings is 3. The Morgan fingerprint density at radius 3 is 2.24 bits per heavy atom. The molecule has 0 fully saturated rings. The highest BCUT2D eigenvalue weighted by Gasteiger charge is 2.09. The molecule has 3 rings (SSSR count). The van der Waals surface area contributed by atoms with E-state index < -0.39 is 0 Å².